The number of hydrogen-bond acceptors (Lipinski definition) is 6. The normalized spacial score (nSPS) is 12.5. The fraction of sp³-hybridized carbons (Fsp3) is 0.429. The Morgan fingerprint density at radius 2 is 0.944 bits per heavy atom. The minimum absolute atomic E-state index is 0.112. The summed E-state index contributed by atoms with van der Waals surface area (Å²) >= 11 is 0. The second kappa shape index (κ2) is 14.7. The molecule has 0 saturated carbocycles. The van der Waals surface area contributed by atoms with Gasteiger partial charge in [0.15, 0.2) is 0 Å². The molecule has 36 heavy (non-hydrogen) atoms. The van der Waals surface area contributed by atoms with E-state index in [1.165, 1.54) is 0 Å². The van der Waals surface area contributed by atoms with Crippen LogP contribution in [0.5, 0.6) is 0 Å². The third-order valence-corrected chi connectivity index (χ3v) is 5.07. The summed E-state index contributed by atoms with van der Waals surface area (Å²) in [4.78, 5) is 50.9. The van der Waals surface area contributed by atoms with Crippen molar-refractivity contribution in [2.45, 2.75) is 52.6 Å². The van der Waals surface area contributed by atoms with Gasteiger partial charge in [-0.15, -0.1) is 0 Å². The fourth-order valence-electron chi connectivity index (χ4n) is 3.23. The quantitative estimate of drug-likeness (QED) is 0.345. The summed E-state index contributed by atoms with van der Waals surface area (Å²) in [5.41, 5.74) is 1.59. The average Bonchev–Trinajstić information content (AvgIpc) is 2.86. The molecule has 2 N–H and O–H groups in total. The maximum Gasteiger partial charge on any atom is 0.329 e. The van der Waals surface area contributed by atoms with Crippen LogP contribution < -0.4 is 10.6 Å². The summed E-state index contributed by atoms with van der Waals surface area (Å²) in [6.45, 7) is 7.97. The lowest BCUT2D eigenvalue weighted by atomic mass is 10.1. The van der Waals surface area contributed by atoms with Gasteiger partial charge in [-0.1, -0.05) is 88.4 Å². The Balaban J connectivity index is 2.12. The second-order valence-corrected chi connectivity index (χ2v) is 9.48. The van der Waals surface area contributed by atoms with Crippen LogP contribution in [-0.4, -0.2) is 49.1 Å². The summed E-state index contributed by atoms with van der Waals surface area (Å²) < 4.78 is 10.6. The van der Waals surface area contributed by atoms with Gasteiger partial charge in [0.25, 0.3) is 0 Å². The molecule has 2 aromatic rings. The predicted molar refractivity (Wildman–Crippen MR) is 136 cm³/mol. The van der Waals surface area contributed by atoms with Crippen LogP contribution in [0.2, 0.25) is 0 Å². The van der Waals surface area contributed by atoms with Crippen molar-refractivity contribution in [3.63, 3.8) is 0 Å². The molecule has 0 heterocycles. The lowest BCUT2D eigenvalue weighted by molar-refractivity contribution is -0.152. The lowest BCUT2D eigenvalue weighted by Crippen LogP contribution is -2.53. The Hall–Kier alpha value is -3.68. The molecule has 8 nitrogen and oxygen atoms in total. The molecule has 8 heteroatoms. The highest BCUT2D eigenvalue weighted by Gasteiger charge is 2.30. The maximum absolute atomic E-state index is 12.8. The van der Waals surface area contributed by atoms with E-state index in [4.69, 9.17) is 9.47 Å². The topological polar surface area (TPSA) is 111 Å². The molecule has 2 rings (SSSR count). The molecule has 0 saturated heterocycles. The van der Waals surface area contributed by atoms with Gasteiger partial charge in [-0.05, 0) is 23.0 Å². The molecule has 0 aromatic heterocycles. The molecule has 0 radical (unpaired) electrons. The second-order valence-electron chi connectivity index (χ2n) is 9.48. The molecule has 0 bridgehead atoms. The van der Waals surface area contributed by atoms with Crippen LogP contribution in [0.3, 0.4) is 0 Å². The zero-order chi connectivity index (χ0) is 26.5. The van der Waals surface area contributed by atoms with Crippen molar-refractivity contribution in [3.05, 3.63) is 71.8 Å². The lowest BCUT2D eigenvalue weighted by Gasteiger charge is -2.21. The van der Waals surface area contributed by atoms with Gasteiger partial charge < -0.3 is 20.1 Å². The summed E-state index contributed by atoms with van der Waals surface area (Å²) in [5, 5.41) is 4.94. The third-order valence-electron chi connectivity index (χ3n) is 5.07. The largest absolute Gasteiger partial charge is 0.464 e. The van der Waals surface area contributed by atoms with Gasteiger partial charge in [-0.2, -0.15) is 0 Å². The van der Waals surface area contributed by atoms with E-state index < -0.39 is 35.8 Å². The van der Waals surface area contributed by atoms with Crippen molar-refractivity contribution in [3.8, 4) is 0 Å². The molecule has 2 aromatic carbocycles. The van der Waals surface area contributed by atoms with Crippen molar-refractivity contribution in [1.29, 1.82) is 0 Å². The minimum Gasteiger partial charge on any atom is -0.464 e. The molecule has 0 spiro atoms. The first-order valence-corrected chi connectivity index (χ1v) is 12.2. The molecule has 2 atom stereocenters. The van der Waals surface area contributed by atoms with Crippen LogP contribution in [0.4, 0.5) is 0 Å². The molecular weight excluding hydrogens is 460 g/mol. The first-order chi connectivity index (χ1) is 17.2. The van der Waals surface area contributed by atoms with Gasteiger partial charge in [-0.3, -0.25) is 9.59 Å². The number of nitrogens with one attached hydrogen (secondary N) is 2. The SMILES string of the molecule is CC(C)COC(=O)[C@H](Cc1ccccc1)NC(=O)C(=O)N[C@@H](Cc1ccccc1)C(=O)OCC(C)C. The van der Waals surface area contributed by atoms with Crippen molar-refractivity contribution in [2.75, 3.05) is 13.2 Å². The highest BCUT2D eigenvalue weighted by molar-refractivity contribution is 6.35. The zero-order valence-electron chi connectivity index (χ0n) is 21.4. The molecule has 194 valence electrons. The monoisotopic (exact) mass is 496 g/mol. The maximum atomic E-state index is 12.8. The van der Waals surface area contributed by atoms with Gasteiger partial charge in [0.1, 0.15) is 12.1 Å². The van der Waals surface area contributed by atoms with E-state index in [-0.39, 0.29) is 37.9 Å². The van der Waals surface area contributed by atoms with E-state index in [9.17, 15) is 19.2 Å². The van der Waals surface area contributed by atoms with E-state index in [1.807, 2.05) is 88.4 Å². The Morgan fingerprint density at radius 1 is 0.611 bits per heavy atom. The van der Waals surface area contributed by atoms with Gasteiger partial charge >= 0.3 is 23.8 Å². The van der Waals surface area contributed by atoms with Crippen molar-refractivity contribution in [1.82, 2.24) is 10.6 Å². The predicted octanol–water partition coefficient (Wildman–Crippen LogP) is 2.84. The number of benzene rings is 2. The molecule has 0 aliphatic carbocycles. The smallest absolute Gasteiger partial charge is 0.329 e. The number of carbonyl (C=O) groups excluding carboxylic acids is 4. The Labute approximate surface area is 212 Å². The van der Waals surface area contributed by atoms with Crippen molar-refractivity contribution >= 4 is 23.8 Å². The number of ether oxygens (including phenoxy) is 2. The average molecular weight is 497 g/mol. The summed E-state index contributed by atoms with van der Waals surface area (Å²) in [7, 11) is 0. The van der Waals surface area contributed by atoms with Crippen LogP contribution in [0, 0.1) is 11.8 Å². The third kappa shape index (κ3) is 10.3. The number of rotatable bonds is 12. The first kappa shape index (κ1) is 28.6. The molecule has 0 fully saturated rings. The first-order valence-electron chi connectivity index (χ1n) is 12.2. The van der Waals surface area contributed by atoms with E-state index in [0.717, 1.165) is 11.1 Å². The standard InChI is InChI=1S/C28H36N2O6/c1-19(2)17-35-27(33)23(15-21-11-7-5-8-12-21)29-25(31)26(32)30-24(28(34)36-18-20(3)4)16-22-13-9-6-10-14-22/h5-14,19-20,23-24H,15-18H2,1-4H3,(H,29,31)(H,30,32)/t23-,24-/m0/s1. The van der Waals surface area contributed by atoms with Crippen LogP contribution in [0.15, 0.2) is 60.7 Å². The number of carbonyl (C=O) groups is 4. The number of amides is 2. The minimum atomic E-state index is -1.06. The molecular formula is C28H36N2O6. The van der Waals surface area contributed by atoms with Crippen molar-refractivity contribution in [2.24, 2.45) is 11.8 Å². The van der Waals surface area contributed by atoms with Gasteiger partial charge in [0, 0.05) is 12.8 Å². The summed E-state index contributed by atoms with van der Waals surface area (Å²) in [6.07, 6.45) is 0.307. The van der Waals surface area contributed by atoms with Crippen LogP contribution in [-0.2, 0) is 41.5 Å². The Morgan fingerprint density at radius 3 is 1.25 bits per heavy atom. The summed E-state index contributed by atoms with van der Waals surface area (Å²) in [6, 6.07) is 16.1. The Kier molecular flexibility index (Phi) is 11.6. The number of esters is 2. The zero-order valence-corrected chi connectivity index (χ0v) is 21.4. The fourth-order valence-corrected chi connectivity index (χ4v) is 3.23. The molecule has 0 aliphatic heterocycles. The van der Waals surface area contributed by atoms with Gasteiger partial charge in [0.05, 0.1) is 13.2 Å². The van der Waals surface area contributed by atoms with E-state index >= 15 is 0 Å². The van der Waals surface area contributed by atoms with Crippen LogP contribution in [0.1, 0.15) is 38.8 Å². The van der Waals surface area contributed by atoms with Crippen LogP contribution >= 0.6 is 0 Å². The highest BCUT2D eigenvalue weighted by atomic mass is 16.5. The van der Waals surface area contributed by atoms with Gasteiger partial charge in [-0.25, -0.2) is 9.59 Å². The molecule has 0 unspecified atom stereocenters. The van der Waals surface area contributed by atoms with E-state index in [0.29, 0.717) is 0 Å². The van der Waals surface area contributed by atoms with Crippen LogP contribution in [0.25, 0.3) is 0 Å². The molecule has 0 aliphatic rings. The molecule has 2 amide bonds. The highest BCUT2D eigenvalue weighted by Crippen LogP contribution is 2.08. The summed E-state index contributed by atoms with van der Waals surface area (Å²) in [5.74, 6) is -3.11. The van der Waals surface area contributed by atoms with Crippen molar-refractivity contribution < 1.29 is 28.7 Å². The van der Waals surface area contributed by atoms with E-state index in [1.54, 1.807) is 0 Å². The Bertz CT molecular complexity index is 910. The number of hydrogen-bond donors (Lipinski definition) is 2. The van der Waals surface area contributed by atoms with Gasteiger partial charge in [0.2, 0.25) is 0 Å². The van der Waals surface area contributed by atoms with E-state index in [2.05, 4.69) is 10.6 Å².